The number of nitrogens with zero attached hydrogens (tertiary/aromatic N) is 1. The van der Waals surface area contributed by atoms with Gasteiger partial charge in [0.2, 0.25) is 0 Å². The third-order valence-corrected chi connectivity index (χ3v) is 3.82. The first-order valence-electron chi connectivity index (χ1n) is 6.87. The average molecular weight is 285 g/mol. The average Bonchev–Trinajstić information content (AvgIpc) is 2.82. The van der Waals surface area contributed by atoms with Gasteiger partial charge in [-0.3, -0.25) is 4.79 Å². The first kappa shape index (κ1) is 13.6. The van der Waals surface area contributed by atoms with Gasteiger partial charge in [-0.05, 0) is 43.2 Å². The number of rotatable bonds is 2. The van der Waals surface area contributed by atoms with Crippen molar-refractivity contribution < 1.29 is 13.9 Å². The molecule has 1 aliphatic heterocycles. The van der Waals surface area contributed by atoms with Crippen molar-refractivity contribution in [1.29, 1.82) is 0 Å². The Hall–Kier alpha value is -2.36. The van der Waals surface area contributed by atoms with E-state index in [2.05, 4.69) is 0 Å². The van der Waals surface area contributed by atoms with Crippen molar-refractivity contribution in [1.82, 2.24) is 0 Å². The minimum absolute atomic E-state index is 0.0695. The van der Waals surface area contributed by atoms with Crippen LogP contribution in [0.15, 0.2) is 42.5 Å². The molecule has 0 saturated carbocycles. The van der Waals surface area contributed by atoms with Gasteiger partial charge < -0.3 is 9.64 Å². The topological polar surface area (TPSA) is 29.5 Å². The summed E-state index contributed by atoms with van der Waals surface area (Å²) in [5.74, 6) is -0.570. The Morgan fingerprint density at radius 1 is 1.29 bits per heavy atom. The Balaban J connectivity index is 1.97. The molecule has 3 nitrogen and oxygen atoms in total. The summed E-state index contributed by atoms with van der Waals surface area (Å²) in [6.45, 7) is 2.00. The van der Waals surface area contributed by atoms with Crippen molar-refractivity contribution in [3.63, 3.8) is 0 Å². The normalized spacial score (nSPS) is 16.7. The van der Waals surface area contributed by atoms with E-state index in [0.717, 1.165) is 17.7 Å². The molecule has 1 atom stereocenters. The summed E-state index contributed by atoms with van der Waals surface area (Å²) in [7, 11) is 1.40. The predicted octanol–water partition coefficient (Wildman–Crippen LogP) is 3.43. The maximum atomic E-state index is 13.8. The molecule has 0 bridgehead atoms. The van der Waals surface area contributed by atoms with Crippen molar-refractivity contribution in [3.8, 4) is 5.75 Å². The van der Waals surface area contributed by atoms with Gasteiger partial charge in [0.25, 0.3) is 5.91 Å². The summed E-state index contributed by atoms with van der Waals surface area (Å²) in [5.41, 5.74) is 2.38. The number of para-hydroxylation sites is 1. The van der Waals surface area contributed by atoms with E-state index < -0.39 is 5.82 Å². The molecule has 2 aromatic carbocycles. The van der Waals surface area contributed by atoms with Gasteiger partial charge in [-0.25, -0.2) is 4.39 Å². The Morgan fingerprint density at radius 2 is 2.05 bits per heavy atom. The van der Waals surface area contributed by atoms with Crippen LogP contribution >= 0.6 is 0 Å². The summed E-state index contributed by atoms with van der Waals surface area (Å²) < 4.78 is 18.7. The molecule has 1 unspecified atom stereocenters. The van der Waals surface area contributed by atoms with Crippen molar-refractivity contribution in [3.05, 3.63) is 59.4 Å². The zero-order chi connectivity index (χ0) is 15.0. The van der Waals surface area contributed by atoms with Crippen LogP contribution in [0.4, 0.5) is 10.1 Å². The van der Waals surface area contributed by atoms with Gasteiger partial charge in [0, 0.05) is 17.3 Å². The highest BCUT2D eigenvalue weighted by molar-refractivity contribution is 6.07. The quantitative estimate of drug-likeness (QED) is 0.846. The number of amides is 1. The standard InChI is InChI=1S/C17H16FNO2/c1-11-9-12-5-3-4-6-15(12)19(11)17(20)13-7-8-16(21-2)14(18)10-13/h3-8,10-11H,9H2,1-2H3. The van der Waals surface area contributed by atoms with Crippen LogP contribution in [0.5, 0.6) is 5.75 Å². The summed E-state index contributed by atoms with van der Waals surface area (Å²) in [6, 6.07) is 12.2. The van der Waals surface area contributed by atoms with E-state index in [9.17, 15) is 9.18 Å². The van der Waals surface area contributed by atoms with Gasteiger partial charge in [-0.15, -0.1) is 0 Å². The van der Waals surface area contributed by atoms with E-state index in [4.69, 9.17) is 4.74 Å². The number of halogens is 1. The number of hydrogen-bond acceptors (Lipinski definition) is 2. The molecule has 0 aliphatic carbocycles. The summed E-state index contributed by atoms with van der Waals surface area (Å²) >= 11 is 0. The second kappa shape index (κ2) is 5.20. The molecule has 0 radical (unpaired) electrons. The molecule has 1 aliphatic rings. The van der Waals surface area contributed by atoms with Crippen LogP contribution in [0.1, 0.15) is 22.8 Å². The van der Waals surface area contributed by atoms with Crippen molar-refractivity contribution in [2.45, 2.75) is 19.4 Å². The lowest BCUT2D eigenvalue weighted by molar-refractivity contribution is 0.0981. The summed E-state index contributed by atoms with van der Waals surface area (Å²) in [4.78, 5) is 14.4. The van der Waals surface area contributed by atoms with Gasteiger partial charge in [0.15, 0.2) is 11.6 Å². The number of fused-ring (bicyclic) bond motifs is 1. The van der Waals surface area contributed by atoms with E-state index in [-0.39, 0.29) is 17.7 Å². The third kappa shape index (κ3) is 2.27. The van der Waals surface area contributed by atoms with E-state index in [1.807, 2.05) is 31.2 Å². The minimum Gasteiger partial charge on any atom is -0.494 e. The molecule has 1 amide bonds. The molecule has 0 fully saturated rings. The van der Waals surface area contributed by atoms with Crippen LogP contribution in [0, 0.1) is 5.82 Å². The van der Waals surface area contributed by atoms with E-state index >= 15 is 0 Å². The fraction of sp³-hybridized carbons (Fsp3) is 0.235. The van der Waals surface area contributed by atoms with Crippen molar-refractivity contribution in [2.24, 2.45) is 0 Å². The monoisotopic (exact) mass is 285 g/mol. The van der Waals surface area contributed by atoms with Gasteiger partial charge in [-0.2, -0.15) is 0 Å². The van der Waals surface area contributed by atoms with Crippen LogP contribution in [0.2, 0.25) is 0 Å². The molecule has 0 N–H and O–H groups in total. The highest BCUT2D eigenvalue weighted by Gasteiger charge is 2.31. The Morgan fingerprint density at radius 3 is 2.76 bits per heavy atom. The Labute approximate surface area is 123 Å². The number of methoxy groups -OCH3 is 1. The number of benzene rings is 2. The van der Waals surface area contributed by atoms with Crippen LogP contribution in [-0.4, -0.2) is 19.1 Å². The van der Waals surface area contributed by atoms with E-state index in [1.165, 1.54) is 19.2 Å². The largest absolute Gasteiger partial charge is 0.494 e. The summed E-state index contributed by atoms with van der Waals surface area (Å²) in [6.07, 6.45) is 0.820. The predicted molar refractivity (Wildman–Crippen MR) is 79.4 cm³/mol. The van der Waals surface area contributed by atoms with Gasteiger partial charge in [-0.1, -0.05) is 18.2 Å². The van der Waals surface area contributed by atoms with E-state index in [0.29, 0.717) is 5.56 Å². The van der Waals surface area contributed by atoms with Gasteiger partial charge >= 0.3 is 0 Å². The molecule has 21 heavy (non-hydrogen) atoms. The second-order valence-corrected chi connectivity index (χ2v) is 5.21. The lowest BCUT2D eigenvalue weighted by Gasteiger charge is -2.23. The van der Waals surface area contributed by atoms with Crippen LogP contribution in [0.3, 0.4) is 0 Å². The molecule has 1 heterocycles. The summed E-state index contributed by atoms with van der Waals surface area (Å²) in [5, 5.41) is 0. The van der Waals surface area contributed by atoms with Crippen LogP contribution in [0.25, 0.3) is 0 Å². The smallest absolute Gasteiger partial charge is 0.258 e. The SMILES string of the molecule is COc1ccc(C(=O)N2c3ccccc3CC2C)cc1F. The van der Waals surface area contributed by atoms with Crippen molar-refractivity contribution in [2.75, 3.05) is 12.0 Å². The molecule has 0 aromatic heterocycles. The maximum Gasteiger partial charge on any atom is 0.258 e. The maximum absolute atomic E-state index is 13.8. The highest BCUT2D eigenvalue weighted by Crippen LogP contribution is 2.33. The van der Waals surface area contributed by atoms with Crippen molar-refractivity contribution >= 4 is 11.6 Å². The van der Waals surface area contributed by atoms with Crippen LogP contribution < -0.4 is 9.64 Å². The molecule has 4 heteroatoms. The molecule has 108 valence electrons. The molecule has 3 rings (SSSR count). The Kier molecular flexibility index (Phi) is 3.37. The highest BCUT2D eigenvalue weighted by atomic mass is 19.1. The number of anilines is 1. The number of carbonyl (C=O) groups excluding carboxylic acids is 1. The molecule has 0 spiro atoms. The number of carbonyl (C=O) groups is 1. The number of ether oxygens (including phenoxy) is 1. The van der Waals surface area contributed by atoms with Gasteiger partial charge in [0.1, 0.15) is 0 Å². The minimum atomic E-state index is -0.525. The first-order valence-corrected chi connectivity index (χ1v) is 6.87. The zero-order valence-electron chi connectivity index (χ0n) is 12.0. The van der Waals surface area contributed by atoms with Crippen LogP contribution in [-0.2, 0) is 6.42 Å². The second-order valence-electron chi connectivity index (χ2n) is 5.21. The lowest BCUT2D eigenvalue weighted by atomic mass is 10.1. The fourth-order valence-corrected chi connectivity index (χ4v) is 2.81. The lowest BCUT2D eigenvalue weighted by Crippen LogP contribution is -2.35. The van der Waals surface area contributed by atoms with Gasteiger partial charge in [0.05, 0.1) is 7.11 Å². The molecular formula is C17H16FNO2. The zero-order valence-corrected chi connectivity index (χ0v) is 12.0. The van der Waals surface area contributed by atoms with E-state index in [1.54, 1.807) is 11.0 Å². The molecule has 2 aromatic rings. The number of hydrogen-bond donors (Lipinski definition) is 0. The first-order chi connectivity index (χ1) is 10.1. The fourth-order valence-electron chi connectivity index (χ4n) is 2.81. The molecule has 0 saturated heterocycles. The Bertz CT molecular complexity index is 699. The molecular weight excluding hydrogens is 269 g/mol. The third-order valence-electron chi connectivity index (χ3n) is 3.82.